The fraction of sp³-hybridized carbons (Fsp3) is 0.379. The topological polar surface area (TPSA) is 88.9 Å². The van der Waals surface area contributed by atoms with Crippen molar-refractivity contribution in [3.63, 3.8) is 0 Å². The molecule has 0 aliphatic carbocycles. The Morgan fingerprint density at radius 2 is 1.92 bits per heavy atom. The van der Waals surface area contributed by atoms with Gasteiger partial charge in [0.25, 0.3) is 5.56 Å². The Morgan fingerprint density at radius 3 is 2.61 bits per heavy atom. The Balaban J connectivity index is 1.61. The Hall–Kier alpha value is -3.85. The van der Waals surface area contributed by atoms with Gasteiger partial charge in [-0.3, -0.25) is 9.69 Å². The molecule has 0 unspecified atom stereocenters. The number of H-pyrrole nitrogens is 1. The zero-order chi connectivity index (χ0) is 26.9. The molecule has 0 saturated carbocycles. The third-order valence-corrected chi connectivity index (χ3v) is 7.45. The lowest BCUT2D eigenvalue weighted by Crippen LogP contribution is -2.40. The molecule has 0 fully saturated rings. The third kappa shape index (κ3) is 4.98. The molecule has 0 spiro atoms. The molecule has 3 heterocycles. The average molecular weight is 517 g/mol. The number of nitrogens with zero attached hydrogens (tertiary/aromatic N) is 5. The molecule has 0 radical (unpaired) electrons. The minimum absolute atomic E-state index is 0.177. The lowest BCUT2D eigenvalue weighted by molar-refractivity contribution is 0.211. The molecule has 9 heteroatoms. The Labute approximate surface area is 221 Å². The number of rotatable bonds is 8. The second-order valence-corrected chi connectivity index (χ2v) is 10.2. The predicted octanol–water partition coefficient (Wildman–Crippen LogP) is 5.08. The average Bonchev–Trinajstić information content (AvgIpc) is 3.41. The maximum absolute atomic E-state index is 13.5. The van der Waals surface area contributed by atoms with E-state index in [9.17, 15) is 9.18 Å². The van der Waals surface area contributed by atoms with Gasteiger partial charge in [0.05, 0.1) is 12.1 Å². The second-order valence-electron chi connectivity index (χ2n) is 10.2. The number of aromatic amines is 1. The van der Waals surface area contributed by atoms with E-state index in [2.05, 4.69) is 52.3 Å². The van der Waals surface area contributed by atoms with Crippen LogP contribution in [0.2, 0.25) is 0 Å². The monoisotopic (exact) mass is 516 g/mol. The molecular formula is C29H33FN6O2. The van der Waals surface area contributed by atoms with Crippen molar-refractivity contribution in [3.05, 3.63) is 87.7 Å². The summed E-state index contributed by atoms with van der Waals surface area (Å²) in [6.07, 6.45) is 3.71. The van der Waals surface area contributed by atoms with E-state index in [1.165, 1.54) is 12.1 Å². The van der Waals surface area contributed by atoms with E-state index in [1.807, 2.05) is 48.0 Å². The fourth-order valence-electron chi connectivity index (χ4n) is 4.95. The zero-order valence-corrected chi connectivity index (χ0v) is 22.2. The molecule has 4 aromatic rings. The summed E-state index contributed by atoms with van der Waals surface area (Å²) in [6, 6.07) is 13.7. The molecule has 0 bridgehead atoms. The van der Waals surface area contributed by atoms with Gasteiger partial charge in [-0.2, -0.15) is 0 Å². The predicted molar refractivity (Wildman–Crippen MR) is 146 cm³/mol. The molecule has 8 nitrogen and oxygen atoms in total. The standard InChI is InChI=1S/C29H33FN6O2/c1-5-29(3,4)36-27(32-33-34-36)26(35-15-13-20(14-16-35)19-7-9-22(30)10-8-19)24-18-21-17-23(38-6-2)11-12-25(21)31-28(24)37/h7-13,17-18,26H,5-6,14-16H2,1-4H3,(H,31,37)/t26-/m1/s1. The molecular weight excluding hydrogens is 483 g/mol. The number of ether oxygens (including phenoxy) is 1. The molecule has 1 aliphatic heterocycles. The van der Waals surface area contributed by atoms with Crippen LogP contribution in [0, 0.1) is 5.82 Å². The number of pyridine rings is 1. The molecule has 2 aromatic heterocycles. The quantitative estimate of drug-likeness (QED) is 0.352. The van der Waals surface area contributed by atoms with Gasteiger partial charge in [0.1, 0.15) is 17.6 Å². The Bertz CT molecular complexity index is 1520. The van der Waals surface area contributed by atoms with Crippen LogP contribution in [0.15, 0.2) is 59.4 Å². The van der Waals surface area contributed by atoms with Crippen LogP contribution in [0.3, 0.4) is 0 Å². The van der Waals surface area contributed by atoms with Gasteiger partial charge in [-0.1, -0.05) is 25.1 Å². The minimum atomic E-state index is -0.467. The first kappa shape index (κ1) is 25.8. The van der Waals surface area contributed by atoms with Crippen molar-refractivity contribution in [2.24, 2.45) is 0 Å². The van der Waals surface area contributed by atoms with Crippen molar-refractivity contribution in [1.29, 1.82) is 0 Å². The number of halogens is 1. The highest BCUT2D eigenvalue weighted by Gasteiger charge is 2.35. The normalized spacial score (nSPS) is 15.4. The zero-order valence-electron chi connectivity index (χ0n) is 22.2. The van der Waals surface area contributed by atoms with Gasteiger partial charge in [-0.05, 0) is 91.6 Å². The fourth-order valence-corrected chi connectivity index (χ4v) is 4.95. The summed E-state index contributed by atoms with van der Waals surface area (Å²) in [5.41, 5.74) is 2.96. The Kier molecular flexibility index (Phi) is 7.12. The molecule has 0 amide bonds. The number of aromatic nitrogens is 5. The summed E-state index contributed by atoms with van der Waals surface area (Å²) >= 11 is 0. The van der Waals surface area contributed by atoms with Crippen LogP contribution in [-0.2, 0) is 5.54 Å². The number of hydrogen-bond donors (Lipinski definition) is 1. The van der Waals surface area contributed by atoms with Crippen molar-refractivity contribution in [1.82, 2.24) is 30.1 Å². The summed E-state index contributed by atoms with van der Waals surface area (Å²) in [5, 5.41) is 13.7. The highest BCUT2D eigenvalue weighted by Crippen LogP contribution is 2.34. The van der Waals surface area contributed by atoms with Gasteiger partial charge in [-0.15, -0.1) is 5.10 Å². The first-order valence-corrected chi connectivity index (χ1v) is 13.1. The van der Waals surface area contributed by atoms with Gasteiger partial charge in [0.2, 0.25) is 0 Å². The number of tetrazole rings is 1. The third-order valence-electron chi connectivity index (χ3n) is 7.45. The largest absolute Gasteiger partial charge is 0.494 e. The summed E-state index contributed by atoms with van der Waals surface area (Å²) in [4.78, 5) is 18.8. The van der Waals surface area contributed by atoms with Gasteiger partial charge in [0, 0.05) is 29.6 Å². The molecule has 1 N–H and O–H groups in total. The second kappa shape index (κ2) is 10.5. The van der Waals surface area contributed by atoms with Crippen molar-refractivity contribution in [2.45, 2.75) is 52.1 Å². The van der Waals surface area contributed by atoms with Gasteiger partial charge < -0.3 is 9.72 Å². The van der Waals surface area contributed by atoms with Crippen molar-refractivity contribution in [3.8, 4) is 5.75 Å². The number of fused-ring (bicyclic) bond motifs is 1. The number of hydrogen-bond acceptors (Lipinski definition) is 6. The molecule has 5 rings (SSSR count). The highest BCUT2D eigenvalue weighted by molar-refractivity contribution is 5.80. The number of nitrogens with one attached hydrogen (secondary N) is 1. The van der Waals surface area contributed by atoms with Crippen molar-refractivity contribution >= 4 is 16.5 Å². The lowest BCUT2D eigenvalue weighted by atomic mass is 9.95. The molecule has 0 saturated heterocycles. The van der Waals surface area contributed by atoms with Crippen LogP contribution in [0.4, 0.5) is 4.39 Å². The van der Waals surface area contributed by atoms with E-state index in [0.29, 0.717) is 31.1 Å². The van der Waals surface area contributed by atoms with Crippen LogP contribution < -0.4 is 10.3 Å². The van der Waals surface area contributed by atoms with Gasteiger partial charge >= 0.3 is 0 Å². The molecule has 1 aliphatic rings. The summed E-state index contributed by atoms with van der Waals surface area (Å²) in [5.74, 6) is 1.12. The van der Waals surface area contributed by atoms with Crippen LogP contribution in [0.5, 0.6) is 5.75 Å². The molecule has 198 valence electrons. The van der Waals surface area contributed by atoms with Crippen molar-refractivity contribution < 1.29 is 9.13 Å². The van der Waals surface area contributed by atoms with E-state index in [0.717, 1.165) is 40.6 Å². The highest BCUT2D eigenvalue weighted by atomic mass is 19.1. The molecule has 38 heavy (non-hydrogen) atoms. The number of benzene rings is 2. The van der Waals surface area contributed by atoms with E-state index >= 15 is 0 Å². The maximum atomic E-state index is 13.5. The summed E-state index contributed by atoms with van der Waals surface area (Å²) < 4.78 is 21.0. The van der Waals surface area contributed by atoms with E-state index in [4.69, 9.17) is 4.74 Å². The minimum Gasteiger partial charge on any atom is -0.494 e. The first-order valence-electron chi connectivity index (χ1n) is 13.1. The maximum Gasteiger partial charge on any atom is 0.253 e. The van der Waals surface area contributed by atoms with Crippen LogP contribution >= 0.6 is 0 Å². The van der Waals surface area contributed by atoms with E-state index in [1.54, 1.807) is 0 Å². The van der Waals surface area contributed by atoms with Crippen LogP contribution in [-0.4, -0.2) is 49.8 Å². The van der Waals surface area contributed by atoms with Crippen molar-refractivity contribution in [2.75, 3.05) is 19.7 Å². The molecule has 2 aromatic carbocycles. The Morgan fingerprint density at radius 1 is 1.13 bits per heavy atom. The van der Waals surface area contributed by atoms with Crippen LogP contribution in [0.1, 0.15) is 63.5 Å². The van der Waals surface area contributed by atoms with Gasteiger partial charge in [0.15, 0.2) is 5.82 Å². The molecule has 1 atom stereocenters. The van der Waals surface area contributed by atoms with E-state index < -0.39 is 6.04 Å². The lowest BCUT2D eigenvalue weighted by Gasteiger charge is -2.35. The first-order chi connectivity index (χ1) is 18.3. The van der Waals surface area contributed by atoms with E-state index in [-0.39, 0.29) is 16.9 Å². The summed E-state index contributed by atoms with van der Waals surface area (Å²) in [6.45, 7) is 10.0. The SMILES string of the molecule is CCOc1ccc2[nH]c(=O)c([C@H](c3nnnn3C(C)(C)CC)N3CC=C(c4ccc(F)cc4)CC3)cc2c1. The summed E-state index contributed by atoms with van der Waals surface area (Å²) in [7, 11) is 0. The van der Waals surface area contributed by atoms with Gasteiger partial charge in [-0.25, -0.2) is 9.07 Å². The smallest absolute Gasteiger partial charge is 0.253 e. The van der Waals surface area contributed by atoms with Crippen LogP contribution in [0.25, 0.3) is 16.5 Å².